The lowest BCUT2D eigenvalue weighted by molar-refractivity contribution is -0.148. The van der Waals surface area contributed by atoms with E-state index in [1.165, 1.54) is 9.70 Å². The summed E-state index contributed by atoms with van der Waals surface area (Å²) in [5.41, 5.74) is 0.734. The second-order valence-corrected chi connectivity index (χ2v) is 5.67. The number of hydrogen-bond donors (Lipinski definition) is 1. The van der Waals surface area contributed by atoms with Crippen LogP contribution in [0.4, 0.5) is 0 Å². The van der Waals surface area contributed by atoms with E-state index in [1.54, 1.807) is 24.3 Å². The van der Waals surface area contributed by atoms with Crippen LogP contribution in [0.1, 0.15) is 12.8 Å². The molecule has 0 aliphatic carbocycles. The zero-order valence-corrected chi connectivity index (χ0v) is 12.8. The van der Waals surface area contributed by atoms with E-state index < -0.39 is 12.0 Å². The quantitative estimate of drug-likeness (QED) is 0.896. The Balaban J connectivity index is 1.70. The number of carboxylic acids is 1. The number of aromatic nitrogens is 4. The molecule has 0 spiro atoms. The largest absolute Gasteiger partial charge is 0.480 e. The van der Waals surface area contributed by atoms with Crippen LogP contribution in [0.5, 0.6) is 0 Å². The number of nitrogens with zero attached hydrogens (tertiary/aromatic N) is 5. The highest BCUT2D eigenvalue weighted by Gasteiger charge is 2.34. The normalized spacial score (nSPS) is 17.4. The maximum Gasteiger partial charge on any atom is 0.326 e. The van der Waals surface area contributed by atoms with E-state index in [9.17, 15) is 9.59 Å². The molecule has 8 nitrogen and oxygen atoms in total. The van der Waals surface area contributed by atoms with Gasteiger partial charge in [-0.15, -0.1) is 10.2 Å². The Morgan fingerprint density at radius 3 is 2.74 bits per heavy atom. The smallest absolute Gasteiger partial charge is 0.326 e. The summed E-state index contributed by atoms with van der Waals surface area (Å²) in [5.74, 6) is -0.926. The summed E-state index contributed by atoms with van der Waals surface area (Å²) in [6, 6.07) is 6.18. The number of aliphatic carboxylic acids is 1. The molecular formula is C14H14ClN5O3. The molecule has 1 fully saturated rings. The number of rotatable bonds is 4. The van der Waals surface area contributed by atoms with Gasteiger partial charge in [-0.3, -0.25) is 4.79 Å². The lowest BCUT2D eigenvalue weighted by atomic mass is 10.2. The van der Waals surface area contributed by atoms with Gasteiger partial charge in [0.05, 0.1) is 0 Å². The Bertz CT molecular complexity index is 730. The minimum atomic E-state index is -0.982. The number of carboxylic acid groups (broad SMARTS) is 1. The van der Waals surface area contributed by atoms with Crippen LogP contribution in [0.2, 0.25) is 5.02 Å². The molecule has 0 bridgehead atoms. The number of tetrazole rings is 1. The van der Waals surface area contributed by atoms with Gasteiger partial charge >= 0.3 is 5.97 Å². The number of hydrogen-bond acceptors (Lipinski definition) is 5. The maximum atomic E-state index is 12.2. The number of carbonyl (C=O) groups is 2. The Labute approximate surface area is 136 Å². The molecule has 2 aromatic rings. The zero-order chi connectivity index (χ0) is 16.4. The van der Waals surface area contributed by atoms with Gasteiger partial charge in [0.2, 0.25) is 11.7 Å². The molecule has 1 unspecified atom stereocenters. The molecular weight excluding hydrogens is 322 g/mol. The van der Waals surface area contributed by atoms with Crippen LogP contribution in [0, 0.1) is 0 Å². The molecule has 0 saturated carbocycles. The standard InChI is InChI=1S/C14H14ClN5O3/c15-10-5-3-9(4-6-10)13-16-18-20(17-13)8-12(21)19-7-1-2-11(19)14(22)23/h3-6,11H,1-2,7-8H2,(H,22,23). The second kappa shape index (κ2) is 6.33. The third-order valence-electron chi connectivity index (χ3n) is 3.69. The predicted molar refractivity (Wildman–Crippen MR) is 80.6 cm³/mol. The molecule has 2 heterocycles. The number of amides is 1. The fourth-order valence-electron chi connectivity index (χ4n) is 2.56. The van der Waals surface area contributed by atoms with Crippen molar-refractivity contribution < 1.29 is 14.7 Å². The Morgan fingerprint density at radius 1 is 1.30 bits per heavy atom. The lowest BCUT2D eigenvalue weighted by Crippen LogP contribution is -2.42. The average molecular weight is 336 g/mol. The molecule has 1 aliphatic heterocycles. The second-order valence-electron chi connectivity index (χ2n) is 5.23. The van der Waals surface area contributed by atoms with Crippen LogP contribution in [-0.4, -0.2) is 54.7 Å². The van der Waals surface area contributed by atoms with Crippen LogP contribution in [0.3, 0.4) is 0 Å². The first kappa shape index (κ1) is 15.4. The van der Waals surface area contributed by atoms with E-state index in [2.05, 4.69) is 15.4 Å². The van der Waals surface area contributed by atoms with Crippen LogP contribution in [0.15, 0.2) is 24.3 Å². The van der Waals surface area contributed by atoms with Crippen molar-refractivity contribution in [1.29, 1.82) is 0 Å². The van der Waals surface area contributed by atoms with E-state index in [-0.39, 0.29) is 12.5 Å². The molecule has 9 heteroatoms. The lowest BCUT2D eigenvalue weighted by Gasteiger charge is -2.20. The minimum Gasteiger partial charge on any atom is -0.480 e. The van der Waals surface area contributed by atoms with Gasteiger partial charge < -0.3 is 10.0 Å². The Morgan fingerprint density at radius 2 is 2.04 bits per heavy atom. The van der Waals surface area contributed by atoms with E-state index in [1.807, 2.05) is 0 Å². The molecule has 1 amide bonds. The molecule has 1 N–H and O–H groups in total. The first-order valence-electron chi connectivity index (χ1n) is 7.10. The van der Waals surface area contributed by atoms with E-state index in [0.717, 1.165) is 5.56 Å². The molecule has 23 heavy (non-hydrogen) atoms. The van der Waals surface area contributed by atoms with Crippen molar-refractivity contribution in [3.63, 3.8) is 0 Å². The van der Waals surface area contributed by atoms with Crippen molar-refractivity contribution in [1.82, 2.24) is 25.1 Å². The third-order valence-corrected chi connectivity index (χ3v) is 3.94. The molecule has 1 aromatic carbocycles. The van der Waals surface area contributed by atoms with Gasteiger partial charge in [0, 0.05) is 17.1 Å². The fraction of sp³-hybridized carbons (Fsp3) is 0.357. The van der Waals surface area contributed by atoms with E-state index in [0.29, 0.717) is 30.2 Å². The molecule has 1 aromatic heterocycles. The highest BCUT2D eigenvalue weighted by molar-refractivity contribution is 6.30. The Hall–Kier alpha value is -2.48. The average Bonchev–Trinajstić information content (AvgIpc) is 3.16. The van der Waals surface area contributed by atoms with Crippen molar-refractivity contribution >= 4 is 23.5 Å². The fourth-order valence-corrected chi connectivity index (χ4v) is 2.68. The van der Waals surface area contributed by atoms with Crippen molar-refractivity contribution in [2.45, 2.75) is 25.4 Å². The van der Waals surface area contributed by atoms with Crippen molar-refractivity contribution in [3.8, 4) is 11.4 Å². The first-order chi connectivity index (χ1) is 11.0. The number of halogens is 1. The molecule has 120 valence electrons. The minimum absolute atomic E-state index is 0.135. The summed E-state index contributed by atoms with van der Waals surface area (Å²) in [4.78, 5) is 25.9. The number of carbonyl (C=O) groups excluding carboxylic acids is 1. The monoisotopic (exact) mass is 335 g/mol. The van der Waals surface area contributed by atoms with Gasteiger partial charge in [-0.05, 0) is 42.3 Å². The van der Waals surface area contributed by atoms with Crippen molar-refractivity contribution in [3.05, 3.63) is 29.3 Å². The van der Waals surface area contributed by atoms with E-state index >= 15 is 0 Å². The summed E-state index contributed by atoms with van der Waals surface area (Å²) in [6.45, 7) is 0.304. The summed E-state index contributed by atoms with van der Waals surface area (Å²) >= 11 is 5.83. The van der Waals surface area contributed by atoms with Gasteiger partial charge in [0.1, 0.15) is 12.6 Å². The highest BCUT2D eigenvalue weighted by atomic mass is 35.5. The SMILES string of the molecule is O=C(O)C1CCCN1C(=O)Cn1nnc(-c2ccc(Cl)cc2)n1. The summed E-state index contributed by atoms with van der Waals surface area (Å²) in [7, 11) is 0. The van der Waals surface area contributed by atoms with Gasteiger partial charge in [0.15, 0.2) is 0 Å². The van der Waals surface area contributed by atoms with Gasteiger partial charge in [-0.1, -0.05) is 11.6 Å². The topological polar surface area (TPSA) is 101 Å². The van der Waals surface area contributed by atoms with Gasteiger partial charge in [-0.25, -0.2) is 4.79 Å². The van der Waals surface area contributed by atoms with Crippen LogP contribution in [0.25, 0.3) is 11.4 Å². The maximum absolute atomic E-state index is 12.2. The number of likely N-dealkylation sites (tertiary alicyclic amines) is 1. The third kappa shape index (κ3) is 3.31. The zero-order valence-electron chi connectivity index (χ0n) is 12.1. The molecule has 3 rings (SSSR count). The van der Waals surface area contributed by atoms with E-state index in [4.69, 9.17) is 16.7 Å². The van der Waals surface area contributed by atoms with Gasteiger partial charge in [0.25, 0.3) is 0 Å². The van der Waals surface area contributed by atoms with Crippen molar-refractivity contribution in [2.24, 2.45) is 0 Å². The van der Waals surface area contributed by atoms with Crippen LogP contribution in [-0.2, 0) is 16.1 Å². The first-order valence-corrected chi connectivity index (χ1v) is 7.48. The molecule has 1 saturated heterocycles. The molecule has 1 aliphatic rings. The van der Waals surface area contributed by atoms with Crippen LogP contribution < -0.4 is 0 Å². The molecule has 1 atom stereocenters. The summed E-state index contributed by atoms with van der Waals surface area (Å²) in [5, 5.41) is 21.6. The number of benzene rings is 1. The predicted octanol–water partition coefficient (Wildman–Crippen LogP) is 1.07. The summed E-state index contributed by atoms with van der Waals surface area (Å²) in [6.07, 6.45) is 1.16. The summed E-state index contributed by atoms with van der Waals surface area (Å²) < 4.78 is 0. The van der Waals surface area contributed by atoms with Gasteiger partial charge in [-0.2, -0.15) is 4.80 Å². The van der Waals surface area contributed by atoms with Crippen molar-refractivity contribution in [2.75, 3.05) is 6.54 Å². The Kier molecular flexibility index (Phi) is 4.24. The molecule has 0 radical (unpaired) electrons. The van der Waals surface area contributed by atoms with Crippen LogP contribution >= 0.6 is 11.6 Å². The highest BCUT2D eigenvalue weighted by Crippen LogP contribution is 2.19.